The van der Waals surface area contributed by atoms with E-state index in [1.165, 1.54) is 0 Å². The number of hydrogen-bond donors (Lipinski definition) is 1. The van der Waals surface area contributed by atoms with E-state index in [1.54, 1.807) is 12.3 Å². The smallest absolute Gasteiger partial charge is 0.291 e. The van der Waals surface area contributed by atoms with Gasteiger partial charge in [-0.2, -0.15) is 0 Å². The van der Waals surface area contributed by atoms with Gasteiger partial charge in [0, 0.05) is 31.6 Å². The van der Waals surface area contributed by atoms with E-state index < -0.39 is 0 Å². The summed E-state index contributed by atoms with van der Waals surface area (Å²) >= 11 is 0. The quantitative estimate of drug-likeness (QED) is 0.884. The molecule has 24 heavy (non-hydrogen) atoms. The summed E-state index contributed by atoms with van der Waals surface area (Å²) in [4.78, 5) is 34.0. The molecule has 0 saturated carbocycles. The summed E-state index contributed by atoms with van der Waals surface area (Å²) in [5, 5.41) is 0. The number of ether oxygens (including phenoxy) is 1. The van der Waals surface area contributed by atoms with Crippen LogP contribution in [0.25, 0.3) is 0 Å². The van der Waals surface area contributed by atoms with Crippen LogP contribution in [0.5, 0.6) is 0 Å². The van der Waals surface area contributed by atoms with Gasteiger partial charge in [-0.15, -0.1) is 0 Å². The summed E-state index contributed by atoms with van der Waals surface area (Å²) in [5.74, 6) is 0.190. The van der Waals surface area contributed by atoms with Gasteiger partial charge >= 0.3 is 0 Å². The number of piperidine rings is 1. The molecule has 0 radical (unpaired) electrons. The predicted octanol–water partition coefficient (Wildman–Crippen LogP) is 0.918. The number of amides is 2. The van der Waals surface area contributed by atoms with Gasteiger partial charge in [0.05, 0.1) is 12.0 Å². The molecule has 2 atom stereocenters. The summed E-state index contributed by atoms with van der Waals surface area (Å²) < 4.78 is 5.69. The van der Waals surface area contributed by atoms with E-state index in [2.05, 4.69) is 9.97 Å². The van der Waals surface area contributed by atoms with E-state index in [-0.39, 0.29) is 29.7 Å². The van der Waals surface area contributed by atoms with Gasteiger partial charge in [-0.1, -0.05) is 0 Å². The van der Waals surface area contributed by atoms with E-state index in [0.29, 0.717) is 25.6 Å². The zero-order valence-corrected chi connectivity index (χ0v) is 14.0. The molecule has 2 amide bonds. The van der Waals surface area contributed by atoms with Crippen LogP contribution in [0.2, 0.25) is 0 Å². The van der Waals surface area contributed by atoms with Crippen molar-refractivity contribution in [2.45, 2.75) is 38.7 Å². The van der Waals surface area contributed by atoms with Crippen molar-refractivity contribution in [1.29, 1.82) is 0 Å². The van der Waals surface area contributed by atoms with Gasteiger partial charge in [0.15, 0.2) is 0 Å². The van der Waals surface area contributed by atoms with Crippen LogP contribution < -0.4 is 5.73 Å². The maximum absolute atomic E-state index is 12.5. The number of nitrogens with zero attached hydrogens (tertiary/aromatic N) is 3. The molecular formula is C17H24N4O3. The Balaban J connectivity index is 1.52. The zero-order valence-electron chi connectivity index (χ0n) is 14.0. The molecule has 7 nitrogen and oxygen atoms in total. The summed E-state index contributed by atoms with van der Waals surface area (Å²) in [5.41, 5.74) is 6.24. The number of aryl methyl sites for hydroxylation is 1. The van der Waals surface area contributed by atoms with Gasteiger partial charge in [0.25, 0.3) is 5.91 Å². The molecule has 0 unspecified atom stereocenters. The van der Waals surface area contributed by atoms with Crippen LogP contribution in [0.15, 0.2) is 12.3 Å². The normalized spacial score (nSPS) is 25.0. The Hall–Kier alpha value is -2.02. The SMILES string of the molecule is Cc1ccnc(C(=O)N2CCC(C[C@H]3OCC[C@H]3C(N)=O)CC2)n1. The average Bonchev–Trinajstić information content (AvgIpc) is 3.03. The molecule has 2 fully saturated rings. The molecule has 0 bridgehead atoms. The molecule has 1 aromatic heterocycles. The first-order valence-electron chi connectivity index (χ1n) is 8.54. The highest BCUT2D eigenvalue weighted by atomic mass is 16.5. The molecule has 2 aliphatic rings. The van der Waals surface area contributed by atoms with Gasteiger partial charge in [-0.25, -0.2) is 9.97 Å². The lowest BCUT2D eigenvalue weighted by Crippen LogP contribution is -2.40. The lowest BCUT2D eigenvalue weighted by Gasteiger charge is -2.33. The Bertz CT molecular complexity index is 614. The fourth-order valence-corrected chi connectivity index (χ4v) is 3.60. The van der Waals surface area contributed by atoms with Crippen molar-refractivity contribution in [3.05, 3.63) is 23.8 Å². The standard InChI is InChI=1S/C17H24N4O3/c1-11-2-6-19-16(20-11)17(23)21-7-3-12(4-8-21)10-14-13(15(18)22)5-9-24-14/h2,6,12-14H,3-5,7-10H2,1H3,(H2,18,22)/t13-,14-/m1/s1. The highest BCUT2D eigenvalue weighted by molar-refractivity contribution is 5.90. The van der Waals surface area contributed by atoms with Crippen molar-refractivity contribution in [2.75, 3.05) is 19.7 Å². The van der Waals surface area contributed by atoms with Gasteiger partial charge in [-0.05, 0) is 44.6 Å². The Morgan fingerprint density at radius 3 is 2.75 bits per heavy atom. The molecule has 2 aliphatic heterocycles. The van der Waals surface area contributed by atoms with Crippen LogP contribution in [-0.2, 0) is 9.53 Å². The van der Waals surface area contributed by atoms with Gasteiger partial charge in [0.2, 0.25) is 11.7 Å². The second-order valence-corrected chi connectivity index (χ2v) is 6.70. The minimum absolute atomic E-state index is 0.0603. The summed E-state index contributed by atoms with van der Waals surface area (Å²) in [7, 11) is 0. The second-order valence-electron chi connectivity index (χ2n) is 6.70. The fraction of sp³-hybridized carbons (Fsp3) is 0.647. The number of carbonyl (C=O) groups excluding carboxylic acids is 2. The van der Waals surface area contributed by atoms with Crippen LogP contribution in [0, 0.1) is 18.8 Å². The third kappa shape index (κ3) is 3.72. The van der Waals surface area contributed by atoms with E-state index in [9.17, 15) is 9.59 Å². The Labute approximate surface area is 141 Å². The minimum Gasteiger partial charge on any atom is -0.377 e. The minimum atomic E-state index is -0.262. The zero-order chi connectivity index (χ0) is 17.1. The van der Waals surface area contributed by atoms with E-state index in [0.717, 1.165) is 31.4 Å². The van der Waals surface area contributed by atoms with Crippen LogP contribution in [0.1, 0.15) is 42.0 Å². The van der Waals surface area contributed by atoms with E-state index in [4.69, 9.17) is 10.5 Å². The number of nitrogens with two attached hydrogens (primary N) is 1. The van der Waals surface area contributed by atoms with Gasteiger partial charge in [0.1, 0.15) is 0 Å². The van der Waals surface area contributed by atoms with Crippen LogP contribution >= 0.6 is 0 Å². The number of hydrogen-bond acceptors (Lipinski definition) is 5. The molecule has 2 saturated heterocycles. The summed E-state index contributed by atoms with van der Waals surface area (Å²) in [6.45, 7) is 3.84. The van der Waals surface area contributed by atoms with E-state index in [1.807, 2.05) is 11.8 Å². The first kappa shape index (κ1) is 16.8. The summed E-state index contributed by atoms with van der Waals surface area (Å²) in [6.07, 6.45) is 4.93. The third-order valence-corrected chi connectivity index (χ3v) is 5.03. The predicted molar refractivity (Wildman–Crippen MR) is 87.1 cm³/mol. The molecule has 3 heterocycles. The van der Waals surface area contributed by atoms with Crippen molar-refractivity contribution in [3.8, 4) is 0 Å². The monoisotopic (exact) mass is 332 g/mol. The highest BCUT2D eigenvalue weighted by Crippen LogP contribution is 2.30. The molecule has 0 aliphatic carbocycles. The Morgan fingerprint density at radius 1 is 1.33 bits per heavy atom. The topological polar surface area (TPSA) is 98.4 Å². The van der Waals surface area contributed by atoms with Gasteiger partial charge < -0.3 is 15.4 Å². The fourth-order valence-electron chi connectivity index (χ4n) is 3.60. The lowest BCUT2D eigenvalue weighted by molar-refractivity contribution is -0.123. The third-order valence-electron chi connectivity index (χ3n) is 5.03. The van der Waals surface area contributed by atoms with Crippen molar-refractivity contribution >= 4 is 11.8 Å². The molecule has 3 rings (SSSR count). The number of primary amides is 1. The average molecular weight is 332 g/mol. The highest BCUT2D eigenvalue weighted by Gasteiger charge is 2.35. The molecule has 1 aromatic rings. The van der Waals surface area contributed by atoms with Crippen molar-refractivity contribution in [2.24, 2.45) is 17.6 Å². The first-order chi connectivity index (χ1) is 11.5. The molecule has 0 aromatic carbocycles. The number of rotatable bonds is 4. The van der Waals surface area contributed by atoms with Crippen LogP contribution in [0.4, 0.5) is 0 Å². The number of aromatic nitrogens is 2. The Morgan fingerprint density at radius 2 is 2.08 bits per heavy atom. The van der Waals surface area contributed by atoms with Crippen molar-refractivity contribution in [1.82, 2.24) is 14.9 Å². The first-order valence-corrected chi connectivity index (χ1v) is 8.54. The van der Waals surface area contributed by atoms with Crippen LogP contribution in [0.3, 0.4) is 0 Å². The number of carbonyl (C=O) groups is 2. The lowest BCUT2D eigenvalue weighted by atomic mass is 9.86. The molecule has 0 spiro atoms. The van der Waals surface area contributed by atoms with Crippen molar-refractivity contribution < 1.29 is 14.3 Å². The maximum atomic E-state index is 12.5. The van der Waals surface area contributed by atoms with Crippen LogP contribution in [-0.4, -0.2) is 52.5 Å². The largest absolute Gasteiger partial charge is 0.377 e. The molecular weight excluding hydrogens is 308 g/mol. The molecule has 130 valence electrons. The maximum Gasteiger partial charge on any atom is 0.291 e. The Kier molecular flexibility index (Phi) is 5.08. The second kappa shape index (κ2) is 7.25. The van der Waals surface area contributed by atoms with Gasteiger partial charge in [-0.3, -0.25) is 9.59 Å². The van der Waals surface area contributed by atoms with E-state index >= 15 is 0 Å². The number of likely N-dealkylation sites (tertiary alicyclic amines) is 1. The summed E-state index contributed by atoms with van der Waals surface area (Å²) in [6, 6.07) is 1.78. The molecule has 7 heteroatoms. The molecule has 2 N–H and O–H groups in total. The van der Waals surface area contributed by atoms with Crippen molar-refractivity contribution in [3.63, 3.8) is 0 Å².